The highest BCUT2D eigenvalue weighted by Gasteiger charge is 2.39. The number of terminal acetylenes is 1. The summed E-state index contributed by atoms with van der Waals surface area (Å²) in [5.41, 5.74) is 1.16. The molecule has 0 aliphatic carbocycles. The van der Waals surface area contributed by atoms with Crippen molar-refractivity contribution in [2.45, 2.75) is 31.3 Å². The Morgan fingerprint density at radius 3 is 2.19 bits per heavy atom. The third-order valence-electron chi connectivity index (χ3n) is 4.29. The van der Waals surface area contributed by atoms with E-state index in [1.165, 1.54) is 0 Å². The molecule has 2 N–H and O–H groups in total. The molecule has 1 heterocycles. The zero-order valence-electron chi connectivity index (χ0n) is 14.8. The normalized spacial score (nSPS) is 13.4. The molecule has 1 aliphatic heterocycles. The molecule has 0 saturated heterocycles. The van der Waals surface area contributed by atoms with Gasteiger partial charge >= 0.3 is 0 Å². The van der Waals surface area contributed by atoms with Crippen molar-refractivity contribution in [2.75, 3.05) is 10.6 Å². The molecule has 0 bridgehead atoms. The lowest BCUT2D eigenvalue weighted by Crippen LogP contribution is -2.19. The first-order chi connectivity index (χ1) is 13.1. The Morgan fingerprint density at radius 1 is 0.926 bits per heavy atom. The van der Waals surface area contributed by atoms with E-state index in [1.54, 1.807) is 48.5 Å². The molecular formula is C21H20N4O2. The lowest BCUT2D eigenvalue weighted by atomic mass is 10.0. The summed E-state index contributed by atoms with van der Waals surface area (Å²) in [5, 5.41) is 13.7. The molecule has 0 fully saturated rings. The SMILES string of the molecule is C#CCCC1(CCC(=O)Nc2ccccc2NC(=O)c2ccccc2)N=N1. The fourth-order valence-corrected chi connectivity index (χ4v) is 2.68. The summed E-state index contributed by atoms with van der Waals surface area (Å²) in [4.78, 5) is 24.7. The molecule has 0 aromatic heterocycles. The van der Waals surface area contributed by atoms with Crippen molar-refractivity contribution in [1.29, 1.82) is 0 Å². The van der Waals surface area contributed by atoms with E-state index in [1.807, 2.05) is 6.07 Å². The number of hydrogen-bond donors (Lipinski definition) is 2. The monoisotopic (exact) mass is 360 g/mol. The van der Waals surface area contributed by atoms with Gasteiger partial charge < -0.3 is 10.6 Å². The number of amides is 2. The summed E-state index contributed by atoms with van der Waals surface area (Å²) in [6.45, 7) is 0. The van der Waals surface area contributed by atoms with E-state index >= 15 is 0 Å². The number of nitrogens with zero attached hydrogens (tertiary/aromatic N) is 2. The minimum Gasteiger partial charge on any atom is -0.324 e. The van der Waals surface area contributed by atoms with Crippen molar-refractivity contribution in [3.63, 3.8) is 0 Å². The van der Waals surface area contributed by atoms with E-state index in [0.717, 1.165) is 0 Å². The van der Waals surface area contributed by atoms with Gasteiger partial charge in [0.05, 0.1) is 11.4 Å². The van der Waals surface area contributed by atoms with E-state index in [9.17, 15) is 9.59 Å². The fourth-order valence-electron chi connectivity index (χ4n) is 2.68. The largest absolute Gasteiger partial charge is 0.324 e. The minimum absolute atomic E-state index is 0.159. The molecule has 6 nitrogen and oxygen atoms in total. The Kier molecular flexibility index (Phi) is 5.62. The Balaban J connectivity index is 1.58. The van der Waals surface area contributed by atoms with Gasteiger partial charge in [-0.3, -0.25) is 9.59 Å². The summed E-state index contributed by atoms with van der Waals surface area (Å²) in [5.74, 6) is 2.18. The van der Waals surface area contributed by atoms with Crippen LogP contribution in [0.4, 0.5) is 11.4 Å². The van der Waals surface area contributed by atoms with Gasteiger partial charge in [0.25, 0.3) is 5.91 Å². The zero-order valence-corrected chi connectivity index (χ0v) is 14.8. The van der Waals surface area contributed by atoms with Crippen LogP contribution < -0.4 is 10.6 Å². The van der Waals surface area contributed by atoms with Crippen molar-refractivity contribution in [1.82, 2.24) is 0 Å². The van der Waals surface area contributed by atoms with Gasteiger partial charge in [-0.2, -0.15) is 10.2 Å². The molecule has 1 aliphatic rings. The molecular weight excluding hydrogens is 340 g/mol. The summed E-state index contributed by atoms with van der Waals surface area (Å²) < 4.78 is 0. The average Bonchev–Trinajstić information content (AvgIpc) is 3.47. The van der Waals surface area contributed by atoms with E-state index < -0.39 is 5.66 Å². The van der Waals surface area contributed by atoms with Crippen molar-refractivity contribution in [2.24, 2.45) is 10.2 Å². The Morgan fingerprint density at radius 2 is 1.56 bits per heavy atom. The van der Waals surface area contributed by atoms with Crippen LogP contribution in [0.2, 0.25) is 0 Å². The maximum atomic E-state index is 12.4. The molecule has 0 saturated carbocycles. The molecule has 2 aromatic carbocycles. The first-order valence-electron chi connectivity index (χ1n) is 8.75. The second-order valence-corrected chi connectivity index (χ2v) is 6.30. The Bertz CT molecular complexity index is 894. The summed E-state index contributed by atoms with van der Waals surface area (Å²) >= 11 is 0. The first-order valence-corrected chi connectivity index (χ1v) is 8.75. The van der Waals surface area contributed by atoms with Gasteiger partial charge in [-0.05, 0) is 24.3 Å². The van der Waals surface area contributed by atoms with Crippen molar-refractivity contribution in [3.8, 4) is 12.3 Å². The number of rotatable bonds is 8. The summed E-state index contributed by atoms with van der Waals surface area (Å²) in [7, 11) is 0. The molecule has 27 heavy (non-hydrogen) atoms. The third kappa shape index (κ3) is 5.02. The minimum atomic E-state index is -0.481. The molecule has 0 atom stereocenters. The standard InChI is InChI=1S/C21H20N4O2/c1-2-3-14-21(24-25-21)15-13-19(26)22-17-11-7-8-12-18(17)23-20(27)16-9-5-4-6-10-16/h1,4-12H,3,13-15H2,(H,22,26)(H,23,27). The first kappa shape index (κ1) is 18.3. The van der Waals surface area contributed by atoms with E-state index in [2.05, 4.69) is 26.8 Å². The van der Waals surface area contributed by atoms with Gasteiger partial charge in [-0.15, -0.1) is 12.3 Å². The molecule has 0 spiro atoms. The highest BCUT2D eigenvalue weighted by atomic mass is 16.2. The molecule has 0 radical (unpaired) electrons. The maximum Gasteiger partial charge on any atom is 0.255 e. The Labute approximate surface area is 158 Å². The van der Waals surface area contributed by atoms with Gasteiger partial charge in [-0.1, -0.05) is 30.3 Å². The van der Waals surface area contributed by atoms with Crippen LogP contribution in [-0.4, -0.2) is 17.5 Å². The second kappa shape index (κ2) is 8.28. The quantitative estimate of drug-likeness (QED) is 0.691. The van der Waals surface area contributed by atoms with Crippen LogP contribution in [0.15, 0.2) is 64.8 Å². The number of hydrogen-bond acceptors (Lipinski definition) is 4. The van der Waals surface area contributed by atoms with Gasteiger partial charge in [0, 0.05) is 31.2 Å². The molecule has 0 unspecified atom stereocenters. The lowest BCUT2D eigenvalue weighted by Gasteiger charge is -2.13. The van der Waals surface area contributed by atoms with Crippen molar-refractivity contribution >= 4 is 23.2 Å². The summed E-state index contributed by atoms with van der Waals surface area (Å²) in [6.07, 6.45) is 7.33. The average molecular weight is 360 g/mol. The number of nitrogens with one attached hydrogen (secondary N) is 2. The van der Waals surface area contributed by atoms with E-state index in [-0.39, 0.29) is 18.2 Å². The molecule has 6 heteroatoms. The van der Waals surface area contributed by atoms with Crippen LogP contribution in [-0.2, 0) is 4.79 Å². The van der Waals surface area contributed by atoms with Crippen molar-refractivity contribution < 1.29 is 9.59 Å². The van der Waals surface area contributed by atoms with Crippen LogP contribution in [0.5, 0.6) is 0 Å². The van der Waals surface area contributed by atoms with Gasteiger partial charge in [0.15, 0.2) is 5.66 Å². The number of anilines is 2. The zero-order chi connectivity index (χ0) is 19.1. The van der Waals surface area contributed by atoms with Crippen molar-refractivity contribution in [3.05, 3.63) is 60.2 Å². The molecule has 136 valence electrons. The lowest BCUT2D eigenvalue weighted by molar-refractivity contribution is -0.116. The maximum absolute atomic E-state index is 12.4. The molecule has 2 aromatic rings. The predicted molar refractivity (Wildman–Crippen MR) is 104 cm³/mol. The third-order valence-corrected chi connectivity index (χ3v) is 4.29. The smallest absolute Gasteiger partial charge is 0.255 e. The highest BCUT2D eigenvalue weighted by Crippen LogP contribution is 2.37. The van der Waals surface area contributed by atoms with Crippen LogP contribution in [0.25, 0.3) is 0 Å². The van der Waals surface area contributed by atoms with Crippen LogP contribution in [0, 0.1) is 12.3 Å². The van der Waals surface area contributed by atoms with Crippen LogP contribution in [0.1, 0.15) is 36.0 Å². The fraction of sp³-hybridized carbons (Fsp3) is 0.238. The van der Waals surface area contributed by atoms with Crippen LogP contribution in [0.3, 0.4) is 0 Å². The van der Waals surface area contributed by atoms with E-state index in [4.69, 9.17) is 6.42 Å². The topological polar surface area (TPSA) is 82.9 Å². The molecule has 2 amide bonds. The number of carbonyl (C=O) groups is 2. The van der Waals surface area contributed by atoms with Gasteiger partial charge in [0.2, 0.25) is 5.91 Å². The summed E-state index contributed by atoms with van der Waals surface area (Å²) in [6, 6.07) is 16.0. The van der Waals surface area contributed by atoms with Gasteiger partial charge in [0.1, 0.15) is 0 Å². The predicted octanol–water partition coefficient (Wildman–Crippen LogP) is 4.23. The number of carbonyl (C=O) groups excluding carboxylic acids is 2. The second-order valence-electron chi connectivity index (χ2n) is 6.30. The molecule has 3 rings (SSSR count). The number of para-hydroxylation sites is 2. The number of benzene rings is 2. The highest BCUT2D eigenvalue weighted by molar-refractivity contribution is 6.07. The van der Waals surface area contributed by atoms with Gasteiger partial charge in [-0.25, -0.2) is 0 Å². The van der Waals surface area contributed by atoms with Crippen LogP contribution >= 0.6 is 0 Å². The Hall–Kier alpha value is -3.46. The van der Waals surface area contributed by atoms with E-state index in [0.29, 0.717) is 36.2 Å².